The van der Waals surface area contributed by atoms with Crippen molar-refractivity contribution >= 4 is 34.2 Å². The fraction of sp³-hybridized carbons (Fsp3) is 0. The number of fused-ring (bicyclic) bond motifs is 1. The van der Waals surface area contributed by atoms with Crippen LogP contribution >= 0.6 is 11.3 Å². The van der Waals surface area contributed by atoms with Gasteiger partial charge >= 0.3 is 0 Å². The number of anilines is 1. The molecule has 5 rings (SSSR count). The maximum atomic E-state index is 13.2. The Morgan fingerprint density at radius 2 is 1.86 bits per heavy atom. The lowest BCUT2D eigenvalue weighted by Gasteiger charge is -2.07. The number of carbonyl (C=O) groups excluding carboxylic acids is 1. The van der Waals surface area contributed by atoms with Crippen molar-refractivity contribution in [2.24, 2.45) is 0 Å². The Morgan fingerprint density at radius 3 is 2.62 bits per heavy atom. The van der Waals surface area contributed by atoms with Gasteiger partial charge in [-0.15, -0.1) is 11.3 Å². The third kappa shape index (κ3) is 3.28. The Balaban J connectivity index is 1.70. The Hall–Kier alpha value is -3.84. The highest BCUT2D eigenvalue weighted by Gasteiger charge is 2.22. The number of hydrogen-bond donors (Lipinski definition) is 1. The van der Waals surface area contributed by atoms with Gasteiger partial charge in [0.15, 0.2) is 0 Å². The van der Waals surface area contributed by atoms with Crippen molar-refractivity contribution in [3.05, 3.63) is 83.9 Å². The van der Waals surface area contributed by atoms with E-state index in [0.717, 1.165) is 10.4 Å². The van der Waals surface area contributed by atoms with E-state index in [2.05, 4.69) is 20.4 Å². The quantitative estimate of drug-likeness (QED) is 0.446. The van der Waals surface area contributed by atoms with Gasteiger partial charge in [-0.2, -0.15) is 0 Å². The van der Waals surface area contributed by atoms with Crippen molar-refractivity contribution in [3.63, 3.8) is 0 Å². The van der Waals surface area contributed by atoms with E-state index in [1.165, 1.54) is 0 Å². The molecule has 0 spiro atoms. The lowest BCUT2D eigenvalue weighted by atomic mass is 10.0. The summed E-state index contributed by atoms with van der Waals surface area (Å²) >= 11 is 1.54. The molecule has 0 aliphatic carbocycles. The Morgan fingerprint density at radius 1 is 1.00 bits per heavy atom. The standard InChI is InChI=1S/C22H14N4O2S/c27-21(25-18-10-4-5-11-23-18)15-13-16(17-9-6-12-29-17)24-22-19(15)20(26-28-22)14-7-2-1-3-8-14/h1-13H,(H,23,25,27). The molecule has 0 unspecified atom stereocenters. The molecule has 0 fully saturated rings. The number of rotatable bonds is 4. The molecule has 7 heteroatoms. The maximum Gasteiger partial charge on any atom is 0.259 e. The van der Waals surface area contributed by atoms with Crippen molar-refractivity contribution in [2.45, 2.75) is 0 Å². The van der Waals surface area contributed by atoms with Crippen LogP contribution in [0.15, 0.2) is 82.8 Å². The number of pyridine rings is 2. The van der Waals surface area contributed by atoms with Crippen LogP contribution in [0.25, 0.3) is 32.9 Å². The number of nitrogens with zero attached hydrogens (tertiary/aromatic N) is 3. The minimum absolute atomic E-state index is 0.297. The number of aromatic nitrogens is 3. The lowest BCUT2D eigenvalue weighted by Crippen LogP contribution is -2.13. The first-order valence-electron chi connectivity index (χ1n) is 8.92. The summed E-state index contributed by atoms with van der Waals surface area (Å²) in [4.78, 5) is 22.9. The minimum Gasteiger partial charge on any atom is -0.335 e. The fourth-order valence-corrected chi connectivity index (χ4v) is 3.78. The summed E-state index contributed by atoms with van der Waals surface area (Å²) < 4.78 is 5.53. The highest BCUT2D eigenvalue weighted by Crippen LogP contribution is 2.34. The molecule has 0 saturated heterocycles. The van der Waals surface area contributed by atoms with E-state index in [4.69, 9.17) is 4.52 Å². The molecule has 0 saturated carbocycles. The second-order valence-electron chi connectivity index (χ2n) is 6.28. The number of hydrogen-bond acceptors (Lipinski definition) is 6. The normalized spacial score (nSPS) is 10.9. The molecule has 1 N–H and O–H groups in total. The first-order valence-corrected chi connectivity index (χ1v) is 9.79. The van der Waals surface area contributed by atoms with Crippen molar-refractivity contribution in [3.8, 4) is 21.8 Å². The van der Waals surface area contributed by atoms with Gasteiger partial charge in [0, 0.05) is 11.8 Å². The first kappa shape index (κ1) is 17.3. The molecule has 140 valence electrons. The molecule has 0 aliphatic heterocycles. The summed E-state index contributed by atoms with van der Waals surface area (Å²) in [6.45, 7) is 0. The van der Waals surface area contributed by atoms with Crippen LogP contribution in [0.3, 0.4) is 0 Å². The molecule has 29 heavy (non-hydrogen) atoms. The molecular weight excluding hydrogens is 384 g/mol. The zero-order valence-corrected chi connectivity index (χ0v) is 15.9. The van der Waals surface area contributed by atoms with Gasteiger partial charge in [0.2, 0.25) is 0 Å². The summed E-state index contributed by atoms with van der Waals surface area (Å²) in [5.74, 6) is 0.173. The fourth-order valence-electron chi connectivity index (χ4n) is 3.09. The molecule has 6 nitrogen and oxygen atoms in total. The third-order valence-corrected chi connectivity index (χ3v) is 5.31. The van der Waals surface area contributed by atoms with Crippen LogP contribution in [0.5, 0.6) is 0 Å². The van der Waals surface area contributed by atoms with Crippen LogP contribution in [0.1, 0.15) is 10.4 Å². The van der Waals surface area contributed by atoms with Crippen LogP contribution in [-0.4, -0.2) is 21.0 Å². The molecule has 1 aromatic carbocycles. The van der Waals surface area contributed by atoms with E-state index >= 15 is 0 Å². The third-order valence-electron chi connectivity index (χ3n) is 4.42. The molecule has 1 amide bonds. The van der Waals surface area contributed by atoms with Gasteiger partial charge in [-0.3, -0.25) is 4.79 Å². The molecule has 0 radical (unpaired) electrons. The van der Waals surface area contributed by atoms with Crippen LogP contribution < -0.4 is 5.32 Å². The number of thiophene rings is 1. The van der Waals surface area contributed by atoms with Crippen LogP contribution in [0.4, 0.5) is 5.82 Å². The highest BCUT2D eigenvalue weighted by molar-refractivity contribution is 7.13. The van der Waals surface area contributed by atoms with Crippen molar-refractivity contribution in [2.75, 3.05) is 5.32 Å². The Kier molecular flexibility index (Phi) is 4.34. The van der Waals surface area contributed by atoms with E-state index in [1.807, 2.05) is 53.9 Å². The predicted octanol–water partition coefficient (Wildman–Crippen LogP) is 5.27. The van der Waals surface area contributed by atoms with E-state index in [0.29, 0.717) is 33.9 Å². The van der Waals surface area contributed by atoms with E-state index in [-0.39, 0.29) is 5.91 Å². The van der Waals surface area contributed by atoms with E-state index < -0.39 is 0 Å². The van der Waals surface area contributed by atoms with Gasteiger partial charge in [0.05, 0.1) is 21.5 Å². The highest BCUT2D eigenvalue weighted by atomic mass is 32.1. The Bertz CT molecular complexity index is 1280. The minimum atomic E-state index is -0.297. The molecule has 4 heterocycles. The second-order valence-corrected chi connectivity index (χ2v) is 7.23. The summed E-state index contributed by atoms with van der Waals surface area (Å²) in [6.07, 6.45) is 1.63. The van der Waals surface area contributed by atoms with Crippen molar-refractivity contribution in [1.29, 1.82) is 0 Å². The molecular formula is C22H14N4O2S. The van der Waals surface area contributed by atoms with Crippen LogP contribution in [0, 0.1) is 0 Å². The van der Waals surface area contributed by atoms with Crippen molar-refractivity contribution in [1.82, 2.24) is 15.1 Å². The van der Waals surface area contributed by atoms with Crippen LogP contribution in [0.2, 0.25) is 0 Å². The predicted molar refractivity (Wildman–Crippen MR) is 113 cm³/mol. The van der Waals surface area contributed by atoms with Gasteiger partial charge in [0.25, 0.3) is 11.6 Å². The summed E-state index contributed by atoms with van der Waals surface area (Å²) in [5.41, 5.74) is 2.85. The first-order chi connectivity index (χ1) is 14.3. The number of nitrogens with one attached hydrogen (secondary N) is 1. The lowest BCUT2D eigenvalue weighted by molar-refractivity contribution is 0.102. The zero-order chi connectivity index (χ0) is 19.6. The number of amides is 1. The molecule has 0 atom stereocenters. The van der Waals surface area contributed by atoms with Crippen LogP contribution in [-0.2, 0) is 0 Å². The second kappa shape index (κ2) is 7.29. The maximum absolute atomic E-state index is 13.2. The van der Waals surface area contributed by atoms with Gasteiger partial charge in [-0.1, -0.05) is 47.6 Å². The topological polar surface area (TPSA) is 80.9 Å². The summed E-state index contributed by atoms with van der Waals surface area (Å²) in [7, 11) is 0. The average Bonchev–Trinajstić information content (AvgIpc) is 3.44. The summed E-state index contributed by atoms with van der Waals surface area (Å²) in [5, 5.41) is 9.59. The van der Waals surface area contributed by atoms with Crippen molar-refractivity contribution < 1.29 is 9.32 Å². The van der Waals surface area contributed by atoms with Gasteiger partial charge in [-0.25, -0.2) is 9.97 Å². The Labute approximate surface area is 169 Å². The number of benzene rings is 1. The number of carbonyl (C=O) groups is 1. The van der Waals surface area contributed by atoms with E-state index in [1.54, 1.807) is 35.7 Å². The largest absolute Gasteiger partial charge is 0.335 e. The van der Waals surface area contributed by atoms with Gasteiger partial charge < -0.3 is 9.84 Å². The monoisotopic (exact) mass is 398 g/mol. The smallest absolute Gasteiger partial charge is 0.259 e. The average molecular weight is 398 g/mol. The SMILES string of the molecule is O=C(Nc1ccccn1)c1cc(-c2cccs2)nc2onc(-c3ccccc3)c12. The molecule has 0 aliphatic rings. The van der Waals surface area contributed by atoms with Gasteiger partial charge in [-0.05, 0) is 29.6 Å². The zero-order valence-electron chi connectivity index (χ0n) is 15.1. The van der Waals surface area contributed by atoms with E-state index in [9.17, 15) is 4.79 Å². The molecule has 4 aromatic heterocycles. The summed E-state index contributed by atoms with van der Waals surface area (Å²) in [6, 6.07) is 20.6. The molecule has 0 bridgehead atoms. The molecule has 5 aromatic rings. The van der Waals surface area contributed by atoms with Gasteiger partial charge in [0.1, 0.15) is 11.5 Å².